The third-order valence-corrected chi connectivity index (χ3v) is 5.35. The predicted octanol–water partition coefficient (Wildman–Crippen LogP) is 4.46. The molecule has 10 heteroatoms. The molecule has 0 aliphatic heterocycles. The molecule has 1 N–H and O–H groups in total. The molecule has 0 unspecified atom stereocenters. The second-order valence-electron chi connectivity index (χ2n) is 6.75. The minimum Gasteiger partial charge on any atom is -0.345 e. The summed E-state index contributed by atoms with van der Waals surface area (Å²) in [5, 5.41) is 6.22. The maximum absolute atomic E-state index is 13.2. The Morgan fingerprint density at radius 1 is 1.13 bits per heavy atom. The lowest BCUT2D eigenvalue weighted by atomic mass is 10.1. The van der Waals surface area contributed by atoms with Crippen LogP contribution in [0, 0.1) is 0 Å². The van der Waals surface area contributed by atoms with Crippen molar-refractivity contribution < 1.29 is 18.0 Å². The highest BCUT2D eigenvalue weighted by molar-refractivity contribution is 7.98. The molecule has 0 saturated heterocycles. The zero-order valence-corrected chi connectivity index (χ0v) is 18.1. The minimum absolute atomic E-state index is 0.0610. The van der Waals surface area contributed by atoms with E-state index in [4.69, 9.17) is 0 Å². The highest BCUT2D eigenvalue weighted by Crippen LogP contribution is 2.27. The zero-order chi connectivity index (χ0) is 22.6. The summed E-state index contributed by atoms with van der Waals surface area (Å²) < 4.78 is 40.6. The Morgan fingerprint density at radius 3 is 2.45 bits per heavy atom. The number of nitrogens with one attached hydrogen (secondary N) is 1. The fourth-order valence-electron chi connectivity index (χ4n) is 2.89. The Morgan fingerprint density at radius 2 is 1.87 bits per heavy atom. The van der Waals surface area contributed by atoms with Gasteiger partial charge in [-0.2, -0.15) is 17.9 Å². The van der Waals surface area contributed by atoms with Crippen LogP contribution in [0.3, 0.4) is 0 Å². The normalized spacial score (nSPS) is 11.5. The van der Waals surface area contributed by atoms with Gasteiger partial charge in [0.2, 0.25) is 0 Å². The monoisotopic (exact) mass is 449 g/mol. The average Bonchev–Trinajstić information content (AvgIpc) is 3.22. The van der Waals surface area contributed by atoms with Crippen molar-refractivity contribution in [3.8, 4) is 5.82 Å². The number of carbonyl (C=O) groups excluding carboxylic acids is 1. The lowest BCUT2D eigenvalue weighted by Crippen LogP contribution is -2.25. The summed E-state index contributed by atoms with van der Waals surface area (Å²) >= 11 is 1.51. The Hall–Kier alpha value is -2.88. The van der Waals surface area contributed by atoms with E-state index in [-0.39, 0.29) is 18.2 Å². The van der Waals surface area contributed by atoms with Gasteiger partial charge >= 0.3 is 6.18 Å². The number of aromatic nitrogens is 4. The van der Waals surface area contributed by atoms with Crippen molar-refractivity contribution in [2.75, 3.05) is 6.26 Å². The van der Waals surface area contributed by atoms with E-state index in [1.165, 1.54) is 11.8 Å². The summed E-state index contributed by atoms with van der Waals surface area (Å²) in [7, 11) is 0. The van der Waals surface area contributed by atoms with E-state index in [1.807, 2.05) is 26.2 Å². The van der Waals surface area contributed by atoms with E-state index in [0.717, 1.165) is 33.5 Å². The summed E-state index contributed by atoms with van der Waals surface area (Å²) in [5.74, 6) is -1.55. The van der Waals surface area contributed by atoms with Gasteiger partial charge in [0.1, 0.15) is 0 Å². The van der Waals surface area contributed by atoms with Crippen LogP contribution in [0.2, 0.25) is 0 Å². The molecule has 0 aliphatic carbocycles. The number of hydrogen-bond donors (Lipinski definition) is 1. The molecule has 0 aliphatic rings. The van der Waals surface area contributed by atoms with Crippen molar-refractivity contribution in [2.24, 2.45) is 0 Å². The quantitative estimate of drug-likeness (QED) is 0.540. The molecule has 6 nitrogen and oxygen atoms in total. The molecule has 164 valence electrons. The Balaban J connectivity index is 1.88. The number of alkyl halides is 3. The van der Waals surface area contributed by atoms with Crippen LogP contribution in [0.25, 0.3) is 5.82 Å². The SMILES string of the molecule is CCc1ccc(-n2nc(C(F)(F)F)nc2CNC(=O)c2cc(CC)cc(SC)c2)nc1. The highest BCUT2D eigenvalue weighted by atomic mass is 32.2. The lowest BCUT2D eigenvalue weighted by Gasteiger charge is -2.09. The highest BCUT2D eigenvalue weighted by Gasteiger charge is 2.37. The third kappa shape index (κ3) is 5.43. The molecule has 0 spiro atoms. The first-order valence-electron chi connectivity index (χ1n) is 9.69. The maximum Gasteiger partial charge on any atom is 0.453 e. The second-order valence-corrected chi connectivity index (χ2v) is 7.63. The van der Waals surface area contributed by atoms with Crippen LogP contribution >= 0.6 is 11.8 Å². The van der Waals surface area contributed by atoms with Gasteiger partial charge in [0.05, 0.1) is 6.54 Å². The van der Waals surface area contributed by atoms with E-state index >= 15 is 0 Å². The van der Waals surface area contributed by atoms with Crippen molar-refractivity contribution in [1.29, 1.82) is 0 Å². The number of hydrogen-bond acceptors (Lipinski definition) is 5. The molecule has 0 bridgehead atoms. The fraction of sp³-hybridized carbons (Fsp3) is 0.333. The van der Waals surface area contributed by atoms with Gasteiger partial charge in [0.25, 0.3) is 11.7 Å². The number of amides is 1. The molecule has 0 radical (unpaired) electrons. The summed E-state index contributed by atoms with van der Waals surface area (Å²) in [6, 6.07) is 8.86. The summed E-state index contributed by atoms with van der Waals surface area (Å²) in [4.78, 5) is 21.4. The van der Waals surface area contributed by atoms with E-state index < -0.39 is 17.9 Å². The number of halogens is 3. The maximum atomic E-state index is 13.2. The second kappa shape index (κ2) is 9.51. The van der Waals surface area contributed by atoms with Crippen molar-refractivity contribution in [3.05, 3.63) is 64.9 Å². The fourth-order valence-corrected chi connectivity index (χ4v) is 3.40. The van der Waals surface area contributed by atoms with Gasteiger partial charge in [-0.15, -0.1) is 16.9 Å². The van der Waals surface area contributed by atoms with E-state index in [2.05, 4.69) is 20.4 Å². The number of nitrogens with zero attached hydrogens (tertiary/aromatic N) is 4. The first-order chi connectivity index (χ1) is 14.7. The van der Waals surface area contributed by atoms with Crippen molar-refractivity contribution >= 4 is 17.7 Å². The van der Waals surface area contributed by atoms with E-state index in [9.17, 15) is 18.0 Å². The minimum atomic E-state index is -4.71. The number of rotatable bonds is 7. The van der Waals surface area contributed by atoms with Crippen molar-refractivity contribution in [2.45, 2.75) is 44.3 Å². The van der Waals surface area contributed by atoms with Crippen LogP contribution in [0.4, 0.5) is 13.2 Å². The van der Waals surface area contributed by atoms with Crippen molar-refractivity contribution in [3.63, 3.8) is 0 Å². The Bertz CT molecular complexity index is 1040. The first-order valence-corrected chi connectivity index (χ1v) is 10.9. The number of pyridine rings is 1. The third-order valence-electron chi connectivity index (χ3n) is 4.64. The smallest absolute Gasteiger partial charge is 0.345 e. The summed E-state index contributed by atoms with van der Waals surface area (Å²) in [6.45, 7) is 3.70. The van der Waals surface area contributed by atoms with Crippen LogP contribution in [0.1, 0.15) is 47.0 Å². The van der Waals surface area contributed by atoms with Gasteiger partial charge in [-0.05, 0) is 54.5 Å². The number of benzene rings is 1. The number of carbonyl (C=O) groups is 1. The topological polar surface area (TPSA) is 72.7 Å². The van der Waals surface area contributed by atoms with Gasteiger partial charge in [-0.25, -0.2) is 9.97 Å². The first kappa shape index (κ1) is 22.8. The van der Waals surface area contributed by atoms with Crippen LogP contribution in [-0.2, 0) is 25.6 Å². The molecule has 3 aromatic rings. The molecular formula is C21H22F3N5OS. The number of thioether (sulfide) groups is 1. The number of aryl methyl sites for hydroxylation is 2. The molecule has 1 amide bonds. The molecule has 0 saturated carbocycles. The predicted molar refractivity (Wildman–Crippen MR) is 112 cm³/mol. The molecule has 2 heterocycles. The van der Waals surface area contributed by atoms with E-state index in [0.29, 0.717) is 5.56 Å². The van der Waals surface area contributed by atoms with Gasteiger partial charge in [0, 0.05) is 16.7 Å². The van der Waals surface area contributed by atoms with E-state index in [1.54, 1.807) is 30.5 Å². The Kier molecular flexibility index (Phi) is 6.99. The Labute approximate surface area is 182 Å². The van der Waals surface area contributed by atoms with Crippen LogP contribution in [0.15, 0.2) is 41.4 Å². The lowest BCUT2D eigenvalue weighted by molar-refractivity contribution is -0.144. The molecular weight excluding hydrogens is 427 g/mol. The average molecular weight is 450 g/mol. The zero-order valence-electron chi connectivity index (χ0n) is 17.3. The molecule has 3 rings (SSSR count). The van der Waals surface area contributed by atoms with Gasteiger partial charge < -0.3 is 5.32 Å². The van der Waals surface area contributed by atoms with Crippen LogP contribution in [-0.4, -0.2) is 31.9 Å². The molecule has 31 heavy (non-hydrogen) atoms. The van der Waals surface area contributed by atoms with Crippen LogP contribution in [0.5, 0.6) is 0 Å². The molecule has 0 fully saturated rings. The standard InChI is InChI=1S/C21H22F3N5OS/c1-4-13-6-7-17(25-11-13)29-18(27-20(28-29)21(22,23)24)12-26-19(30)15-8-14(5-2)9-16(10-15)31-3/h6-11H,4-5,12H2,1-3H3,(H,26,30). The van der Waals surface area contributed by atoms with Gasteiger partial charge in [0.15, 0.2) is 11.6 Å². The molecule has 0 atom stereocenters. The van der Waals surface area contributed by atoms with Crippen molar-refractivity contribution in [1.82, 2.24) is 25.1 Å². The van der Waals surface area contributed by atoms with Gasteiger partial charge in [-0.1, -0.05) is 19.9 Å². The molecule has 2 aromatic heterocycles. The van der Waals surface area contributed by atoms with Crippen LogP contribution < -0.4 is 5.32 Å². The molecule has 1 aromatic carbocycles. The summed E-state index contributed by atoms with van der Waals surface area (Å²) in [6.07, 6.45) is 0.283. The van der Waals surface area contributed by atoms with Gasteiger partial charge in [-0.3, -0.25) is 4.79 Å². The summed E-state index contributed by atoms with van der Waals surface area (Å²) in [5.41, 5.74) is 2.38. The largest absolute Gasteiger partial charge is 0.453 e.